The van der Waals surface area contributed by atoms with Crippen molar-refractivity contribution in [1.82, 2.24) is 15.5 Å². The molecule has 2 amide bonds. The summed E-state index contributed by atoms with van der Waals surface area (Å²) in [6.07, 6.45) is 4.41. The van der Waals surface area contributed by atoms with Gasteiger partial charge in [0.2, 0.25) is 5.91 Å². The fraction of sp³-hybridized carbons (Fsp3) is 0.440. The first-order valence-corrected chi connectivity index (χ1v) is 12.5. The second-order valence-corrected chi connectivity index (χ2v) is 9.04. The van der Waals surface area contributed by atoms with Crippen LogP contribution in [0.2, 0.25) is 0 Å². The molecule has 1 heterocycles. The van der Waals surface area contributed by atoms with Gasteiger partial charge in [0.1, 0.15) is 11.8 Å². The average molecular weight is 456 g/mol. The lowest BCUT2D eigenvalue weighted by Crippen LogP contribution is -2.52. The summed E-state index contributed by atoms with van der Waals surface area (Å²) in [6.45, 7) is 2.83. The summed E-state index contributed by atoms with van der Waals surface area (Å²) < 4.78 is 5.29. The number of para-hydroxylation sites is 1. The van der Waals surface area contributed by atoms with E-state index < -0.39 is 6.04 Å². The number of amides is 2. The van der Waals surface area contributed by atoms with Crippen molar-refractivity contribution in [1.29, 1.82) is 0 Å². The van der Waals surface area contributed by atoms with E-state index in [1.54, 1.807) is 30.0 Å². The van der Waals surface area contributed by atoms with Crippen molar-refractivity contribution in [3.05, 3.63) is 65.7 Å². The lowest BCUT2D eigenvalue weighted by Gasteiger charge is -2.33. The van der Waals surface area contributed by atoms with E-state index in [0.29, 0.717) is 17.7 Å². The molecule has 0 aromatic heterocycles. The summed E-state index contributed by atoms with van der Waals surface area (Å²) >= 11 is 1.66. The fourth-order valence-electron chi connectivity index (χ4n) is 3.95. The number of nitrogens with zero attached hydrogens (tertiary/aromatic N) is 1. The van der Waals surface area contributed by atoms with Crippen molar-refractivity contribution in [3.8, 4) is 5.75 Å². The van der Waals surface area contributed by atoms with Crippen LogP contribution >= 0.6 is 11.8 Å². The van der Waals surface area contributed by atoms with Gasteiger partial charge >= 0.3 is 0 Å². The number of benzene rings is 2. The molecule has 3 rings (SSSR count). The van der Waals surface area contributed by atoms with Crippen molar-refractivity contribution in [2.24, 2.45) is 0 Å². The van der Waals surface area contributed by atoms with Crippen LogP contribution in [0.15, 0.2) is 54.6 Å². The smallest absolute Gasteiger partial charge is 0.255 e. The molecule has 7 heteroatoms. The Hall–Kier alpha value is -2.51. The summed E-state index contributed by atoms with van der Waals surface area (Å²) in [7, 11) is 1.54. The summed E-state index contributed by atoms with van der Waals surface area (Å²) in [6, 6.07) is 17.1. The molecular weight excluding hydrogens is 422 g/mol. The van der Waals surface area contributed by atoms with Crippen molar-refractivity contribution in [2.45, 2.75) is 37.9 Å². The molecule has 2 aromatic carbocycles. The van der Waals surface area contributed by atoms with E-state index in [1.807, 2.05) is 18.4 Å². The molecule has 2 aromatic rings. The first kappa shape index (κ1) is 24.1. The molecule has 0 saturated carbocycles. The molecule has 1 fully saturated rings. The van der Waals surface area contributed by atoms with Crippen LogP contribution in [0, 0.1) is 0 Å². The lowest BCUT2D eigenvalue weighted by atomic mass is 10.0. The van der Waals surface area contributed by atoms with E-state index in [2.05, 4.69) is 39.8 Å². The first-order chi connectivity index (χ1) is 15.6. The van der Waals surface area contributed by atoms with Gasteiger partial charge in [-0.3, -0.25) is 14.5 Å². The van der Waals surface area contributed by atoms with E-state index in [9.17, 15) is 9.59 Å². The number of likely N-dealkylation sites (tertiary alicyclic amines) is 1. The van der Waals surface area contributed by atoms with E-state index in [4.69, 9.17) is 4.74 Å². The Balaban J connectivity index is 1.54. The van der Waals surface area contributed by atoms with E-state index >= 15 is 0 Å². The number of carbonyl (C=O) groups excluding carboxylic acids is 2. The number of hydrogen-bond donors (Lipinski definition) is 2. The van der Waals surface area contributed by atoms with Crippen LogP contribution in [0.3, 0.4) is 0 Å². The van der Waals surface area contributed by atoms with Gasteiger partial charge in [-0.1, -0.05) is 42.5 Å². The zero-order chi connectivity index (χ0) is 22.8. The number of nitrogens with one attached hydrogen (secondary N) is 2. The summed E-state index contributed by atoms with van der Waals surface area (Å²) in [4.78, 5) is 28.3. The molecule has 1 saturated heterocycles. The van der Waals surface area contributed by atoms with Crippen LogP contribution < -0.4 is 15.4 Å². The van der Waals surface area contributed by atoms with E-state index in [1.165, 1.54) is 12.7 Å². The second kappa shape index (κ2) is 12.5. The molecule has 172 valence electrons. The lowest BCUT2D eigenvalue weighted by molar-refractivity contribution is -0.124. The van der Waals surface area contributed by atoms with Gasteiger partial charge in [-0.2, -0.15) is 11.8 Å². The Morgan fingerprint density at radius 2 is 1.78 bits per heavy atom. The maximum absolute atomic E-state index is 13.0. The van der Waals surface area contributed by atoms with Gasteiger partial charge in [0, 0.05) is 25.7 Å². The number of rotatable bonds is 10. The van der Waals surface area contributed by atoms with Crippen LogP contribution in [0.25, 0.3) is 0 Å². The van der Waals surface area contributed by atoms with Gasteiger partial charge < -0.3 is 15.4 Å². The fourth-order valence-corrected chi connectivity index (χ4v) is 4.42. The van der Waals surface area contributed by atoms with Crippen LogP contribution in [-0.2, 0) is 11.3 Å². The second-order valence-electron chi connectivity index (χ2n) is 8.05. The Morgan fingerprint density at radius 3 is 2.47 bits per heavy atom. The van der Waals surface area contributed by atoms with E-state index in [-0.39, 0.29) is 17.9 Å². The largest absolute Gasteiger partial charge is 0.496 e. The summed E-state index contributed by atoms with van der Waals surface area (Å²) in [5.74, 6) is 0.893. The molecule has 0 radical (unpaired) electrons. The SMILES string of the molecule is COc1ccccc1C(=O)NC(CCSC)C(=O)NC1CCN(Cc2ccccc2)CC1. The van der Waals surface area contributed by atoms with Crippen molar-refractivity contribution in [3.63, 3.8) is 0 Å². The maximum atomic E-state index is 13.0. The number of hydrogen-bond acceptors (Lipinski definition) is 5. The van der Waals surface area contributed by atoms with Gasteiger partial charge in [-0.05, 0) is 49.0 Å². The third kappa shape index (κ3) is 7.00. The van der Waals surface area contributed by atoms with Crippen LogP contribution in [0.4, 0.5) is 0 Å². The summed E-state index contributed by atoms with van der Waals surface area (Å²) in [5, 5.41) is 6.10. The predicted octanol–water partition coefficient (Wildman–Crippen LogP) is 3.33. The molecule has 6 nitrogen and oxygen atoms in total. The molecule has 2 N–H and O–H groups in total. The zero-order valence-electron chi connectivity index (χ0n) is 18.9. The molecule has 1 aliphatic rings. The van der Waals surface area contributed by atoms with E-state index in [0.717, 1.165) is 38.2 Å². The Morgan fingerprint density at radius 1 is 1.09 bits per heavy atom. The molecule has 0 aliphatic carbocycles. The minimum absolute atomic E-state index is 0.108. The van der Waals surface area contributed by atoms with Gasteiger partial charge in [0.25, 0.3) is 5.91 Å². The highest BCUT2D eigenvalue weighted by molar-refractivity contribution is 7.98. The normalized spacial score (nSPS) is 15.7. The van der Waals surface area contributed by atoms with Crippen molar-refractivity contribution < 1.29 is 14.3 Å². The summed E-state index contributed by atoms with van der Waals surface area (Å²) in [5.41, 5.74) is 1.75. The quantitative estimate of drug-likeness (QED) is 0.575. The van der Waals surface area contributed by atoms with Gasteiger partial charge in [-0.15, -0.1) is 0 Å². The molecule has 1 atom stereocenters. The Bertz CT molecular complexity index is 870. The first-order valence-electron chi connectivity index (χ1n) is 11.1. The van der Waals surface area contributed by atoms with Crippen LogP contribution in [0.5, 0.6) is 5.75 Å². The van der Waals surface area contributed by atoms with Gasteiger partial charge in [-0.25, -0.2) is 0 Å². The number of piperidine rings is 1. The Kier molecular flexibility index (Phi) is 9.43. The molecule has 32 heavy (non-hydrogen) atoms. The molecular formula is C25H33N3O3S. The monoisotopic (exact) mass is 455 g/mol. The minimum Gasteiger partial charge on any atom is -0.496 e. The highest BCUT2D eigenvalue weighted by Gasteiger charge is 2.26. The molecule has 0 spiro atoms. The van der Waals surface area contributed by atoms with Gasteiger partial charge in [0.15, 0.2) is 0 Å². The van der Waals surface area contributed by atoms with Gasteiger partial charge in [0.05, 0.1) is 12.7 Å². The van der Waals surface area contributed by atoms with Crippen molar-refractivity contribution in [2.75, 3.05) is 32.2 Å². The number of methoxy groups -OCH3 is 1. The highest BCUT2D eigenvalue weighted by Crippen LogP contribution is 2.18. The average Bonchev–Trinajstić information content (AvgIpc) is 2.83. The standard InChI is InChI=1S/C25H33N3O3S/c1-31-23-11-7-6-10-21(23)24(29)27-22(14-17-32-2)25(30)26-20-12-15-28(16-13-20)18-19-8-4-3-5-9-19/h3-11,20,22H,12-18H2,1-2H3,(H,26,30)(H,27,29). The highest BCUT2D eigenvalue weighted by atomic mass is 32.2. The third-order valence-corrected chi connectivity index (χ3v) is 6.41. The molecule has 0 bridgehead atoms. The molecule has 1 aliphatic heterocycles. The number of carbonyl (C=O) groups is 2. The third-order valence-electron chi connectivity index (χ3n) is 5.77. The van der Waals surface area contributed by atoms with Crippen LogP contribution in [0.1, 0.15) is 35.2 Å². The number of thioether (sulfide) groups is 1. The molecule has 1 unspecified atom stereocenters. The Labute approximate surface area is 195 Å². The number of ether oxygens (including phenoxy) is 1. The minimum atomic E-state index is -0.567. The maximum Gasteiger partial charge on any atom is 0.255 e. The zero-order valence-corrected chi connectivity index (χ0v) is 19.7. The topological polar surface area (TPSA) is 70.7 Å². The van der Waals surface area contributed by atoms with Crippen molar-refractivity contribution >= 4 is 23.6 Å². The van der Waals surface area contributed by atoms with Crippen LogP contribution in [-0.4, -0.2) is 61.0 Å². The predicted molar refractivity (Wildman–Crippen MR) is 130 cm³/mol.